The normalized spacial score (nSPS) is 25.1. The van der Waals surface area contributed by atoms with Crippen molar-refractivity contribution in [3.05, 3.63) is 72.4 Å². The van der Waals surface area contributed by atoms with E-state index in [0.29, 0.717) is 31.4 Å². The van der Waals surface area contributed by atoms with E-state index in [1.54, 1.807) is 0 Å². The zero-order chi connectivity index (χ0) is 44.3. The minimum atomic E-state index is -0.745. The quantitative estimate of drug-likeness (QED) is 0.110. The second kappa shape index (κ2) is 16.6. The highest BCUT2D eigenvalue weighted by Gasteiger charge is 2.61. The Hall–Kier alpha value is -5.96. The number of likely N-dealkylation sites (tertiary alicyclic amines) is 2. The summed E-state index contributed by atoms with van der Waals surface area (Å²) < 4.78 is 15.7. The molecule has 4 fully saturated rings. The number of H-pyrrole nitrogens is 2. The average molecular weight is 859 g/mol. The van der Waals surface area contributed by atoms with Gasteiger partial charge in [-0.05, 0) is 78.0 Å². The van der Waals surface area contributed by atoms with Crippen LogP contribution in [0.1, 0.15) is 84.0 Å². The number of imidazole rings is 2. The second-order valence-electron chi connectivity index (χ2n) is 18.8. The number of methoxy groups -OCH3 is 2. The van der Waals surface area contributed by atoms with Crippen molar-refractivity contribution in [3.8, 4) is 22.4 Å². The lowest BCUT2D eigenvalue weighted by molar-refractivity contribution is -0.137. The zero-order valence-corrected chi connectivity index (χ0v) is 37.1. The number of alkyl carbamates (subject to hydrolysis) is 2. The fraction of sp³-hybridized carbons (Fsp3) is 0.500. The highest BCUT2D eigenvalue weighted by Crippen LogP contribution is 2.57. The van der Waals surface area contributed by atoms with Gasteiger partial charge >= 0.3 is 12.2 Å². The Labute approximate surface area is 367 Å². The van der Waals surface area contributed by atoms with Gasteiger partial charge in [0.05, 0.1) is 49.6 Å². The smallest absolute Gasteiger partial charge is 0.407 e. The first-order chi connectivity index (χ1) is 30.3. The summed E-state index contributed by atoms with van der Waals surface area (Å²) in [5.74, 6) is 1.76. The number of carbonyl (C=O) groups is 4. The Bertz CT molecular complexity index is 2540. The van der Waals surface area contributed by atoms with Crippen LogP contribution in [0.5, 0.6) is 0 Å². The molecule has 8 atom stereocenters. The van der Waals surface area contributed by atoms with Crippen molar-refractivity contribution in [2.45, 2.75) is 90.5 Å². The van der Waals surface area contributed by atoms with Crippen LogP contribution in [0, 0.1) is 29.1 Å². The van der Waals surface area contributed by atoms with E-state index in [2.05, 4.69) is 76.1 Å². The summed E-state index contributed by atoms with van der Waals surface area (Å²) in [6.07, 6.45) is 4.08. The molecule has 332 valence electrons. The van der Waals surface area contributed by atoms with Crippen LogP contribution in [0.3, 0.4) is 0 Å². The number of aromatic amines is 2. The van der Waals surface area contributed by atoms with Crippen LogP contribution in [-0.2, 0) is 23.8 Å². The van der Waals surface area contributed by atoms with E-state index >= 15 is 0 Å². The summed E-state index contributed by atoms with van der Waals surface area (Å²) in [5.41, 5.74) is 5.42. The van der Waals surface area contributed by atoms with Gasteiger partial charge in [-0.2, -0.15) is 0 Å². The minimum Gasteiger partial charge on any atom is -0.453 e. The molecule has 4 unspecified atom stereocenters. The van der Waals surface area contributed by atoms with Crippen LogP contribution < -0.4 is 10.6 Å². The van der Waals surface area contributed by atoms with E-state index in [0.717, 1.165) is 81.7 Å². The topological polar surface area (TPSA) is 184 Å². The Balaban J connectivity index is 0.945. The molecule has 4 aliphatic rings. The van der Waals surface area contributed by atoms with Crippen molar-refractivity contribution < 1.29 is 33.4 Å². The first-order valence-corrected chi connectivity index (χ1v) is 22.3. The van der Waals surface area contributed by atoms with Crippen LogP contribution >= 0.6 is 0 Å². The molecule has 63 heavy (non-hydrogen) atoms. The lowest BCUT2D eigenvalue weighted by Crippen LogP contribution is -2.52. The van der Waals surface area contributed by atoms with Crippen molar-refractivity contribution in [2.24, 2.45) is 29.1 Å². The van der Waals surface area contributed by atoms with Gasteiger partial charge in [0.2, 0.25) is 11.8 Å². The average Bonchev–Trinajstić information content (AvgIpc) is 3.89. The number of hydrogen-bond acceptors (Lipinski definition) is 9. The number of nitrogens with zero attached hydrogens (tertiary/aromatic N) is 4. The lowest BCUT2D eigenvalue weighted by atomic mass is 9.80. The third-order valence-electron chi connectivity index (χ3n) is 14.1. The van der Waals surface area contributed by atoms with Crippen LogP contribution in [0.2, 0.25) is 0 Å². The Kier molecular flexibility index (Phi) is 11.2. The van der Waals surface area contributed by atoms with Gasteiger partial charge in [-0.1, -0.05) is 77.1 Å². The predicted molar refractivity (Wildman–Crippen MR) is 237 cm³/mol. The molecule has 3 saturated heterocycles. The zero-order valence-electron chi connectivity index (χ0n) is 37.1. The lowest BCUT2D eigenvalue weighted by Gasteiger charge is -2.33. The van der Waals surface area contributed by atoms with Gasteiger partial charge in [-0.15, -0.1) is 0 Å². The predicted octanol–water partition coefficient (Wildman–Crippen LogP) is 7.51. The molecule has 1 saturated carbocycles. The van der Waals surface area contributed by atoms with E-state index in [9.17, 15) is 19.2 Å². The van der Waals surface area contributed by atoms with E-state index in [1.807, 2.05) is 49.8 Å². The number of aromatic nitrogens is 4. The monoisotopic (exact) mass is 858 g/mol. The number of fused-ring (bicyclic) bond motifs is 4. The highest BCUT2D eigenvalue weighted by molar-refractivity contribution is 6.05. The summed E-state index contributed by atoms with van der Waals surface area (Å²) in [7, 11) is 2.61. The first kappa shape index (κ1) is 42.3. The molecule has 1 spiro atoms. The van der Waals surface area contributed by atoms with Crippen LogP contribution in [0.15, 0.2) is 60.8 Å². The number of carbonyl (C=O) groups excluding carboxylic acids is 4. The molecule has 0 bridgehead atoms. The molecule has 2 aromatic heterocycles. The van der Waals surface area contributed by atoms with Crippen molar-refractivity contribution in [1.82, 2.24) is 40.4 Å². The number of ether oxygens (including phenoxy) is 3. The van der Waals surface area contributed by atoms with Gasteiger partial charge in [-0.3, -0.25) is 9.59 Å². The van der Waals surface area contributed by atoms with Gasteiger partial charge in [-0.25, -0.2) is 19.6 Å². The maximum atomic E-state index is 14.3. The van der Waals surface area contributed by atoms with Crippen molar-refractivity contribution in [1.29, 1.82) is 0 Å². The molecule has 15 nitrogen and oxygen atoms in total. The largest absolute Gasteiger partial charge is 0.453 e. The fourth-order valence-corrected chi connectivity index (χ4v) is 10.6. The van der Waals surface area contributed by atoms with Crippen molar-refractivity contribution in [2.75, 3.05) is 34.0 Å². The maximum absolute atomic E-state index is 14.3. The van der Waals surface area contributed by atoms with Crippen molar-refractivity contribution >= 4 is 45.8 Å². The van der Waals surface area contributed by atoms with Crippen molar-refractivity contribution in [3.63, 3.8) is 0 Å². The summed E-state index contributed by atoms with van der Waals surface area (Å²) >= 11 is 0. The van der Waals surface area contributed by atoms with E-state index in [4.69, 9.17) is 24.2 Å². The van der Waals surface area contributed by atoms with E-state index in [-0.39, 0.29) is 47.2 Å². The van der Waals surface area contributed by atoms with Crippen LogP contribution in [-0.4, -0.2) is 106 Å². The number of piperidine rings is 1. The summed E-state index contributed by atoms with van der Waals surface area (Å²) in [6, 6.07) is 17.0. The standard InChI is InChI=1S/C48H58N8O7/c1-25(2)38(53-46(59)61-6)44(57)55-23-48(17-8-18-63-24-48)21-37(55)43-50-34-16-14-31-19-30(13-15-32(31)40(34)52-43)28-9-11-29(12-10-28)35-22-49-42(51-35)36-20-33-27(5)41(33)56(36)45(58)39(26(3)4)54-47(60)62-7/h9-16,19,22,25-27,33,36-39,41H,8,17-18,20-21,23-24H2,1-7H3,(H,49,51)(H,50,52)(H,53,59)(H,54,60)/t27-,33?,36+,37+,38?,39?,41?,48+/m1/s1. The molecule has 15 heteroatoms. The van der Waals surface area contributed by atoms with E-state index < -0.39 is 24.3 Å². The molecular weight excluding hydrogens is 801 g/mol. The Morgan fingerprint density at radius 2 is 1.52 bits per heavy atom. The number of rotatable bonds is 10. The molecule has 5 aromatic rings. The summed E-state index contributed by atoms with van der Waals surface area (Å²) in [6.45, 7) is 11.7. The second-order valence-corrected chi connectivity index (χ2v) is 18.8. The van der Waals surface area contributed by atoms with Gasteiger partial charge in [0.15, 0.2) is 0 Å². The molecule has 1 aliphatic carbocycles. The molecule has 4 amide bonds. The molecule has 4 N–H and O–H groups in total. The Morgan fingerprint density at radius 1 is 0.841 bits per heavy atom. The third kappa shape index (κ3) is 7.78. The first-order valence-electron chi connectivity index (χ1n) is 22.3. The van der Waals surface area contributed by atoms with Crippen LogP contribution in [0.4, 0.5) is 9.59 Å². The number of benzene rings is 3. The van der Waals surface area contributed by atoms with Gasteiger partial charge < -0.3 is 44.6 Å². The molecule has 3 aromatic carbocycles. The van der Waals surface area contributed by atoms with Crippen LogP contribution in [0.25, 0.3) is 44.2 Å². The number of amides is 4. The van der Waals surface area contributed by atoms with E-state index in [1.165, 1.54) is 14.2 Å². The van der Waals surface area contributed by atoms with Gasteiger partial charge in [0.1, 0.15) is 23.7 Å². The number of hydrogen-bond donors (Lipinski definition) is 4. The molecule has 3 aliphatic heterocycles. The minimum absolute atomic E-state index is 0.106. The maximum Gasteiger partial charge on any atom is 0.407 e. The Morgan fingerprint density at radius 3 is 2.19 bits per heavy atom. The third-order valence-corrected chi connectivity index (χ3v) is 14.1. The molecule has 5 heterocycles. The molecule has 0 radical (unpaired) electrons. The SMILES string of the molecule is COC(=O)NC(C(=O)N1C[C@]2(CCCOC2)C[C@H]1c1nc2ccc3cc(-c4ccc(-c5c[nH]c([C@@H]6CC7C([C@@H]7C)N6C(=O)C(NC(=O)OC)C(C)C)n5)cc4)ccc3c2[nH]1)C(C)C. The molecular formula is C48H58N8O7. The summed E-state index contributed by atoms with van der Waals surface area (Å²) in [4.78, 5) is 73.7. The fourth-order valence-electron chi connectivity index (χ4n) is 10.6. The number of nitrogens with one attached hydrogen (secondary N) is 4. The molecule has 9 rings (SSSR count). The highest BCUT2D eigenvalue weighted by atomic mass is 16.5. The van der Waals surface area contributed by atoms with Gasteiger partial charge in [0.25, 0.3) is 0 Å². The summed E-state index contributed by atoms with van der Waals surface area (Å²) in [5, 5.41) is 7.62. The van der Waals surface area contributed by atoms with Gasteiger partial charge in [0, 0.05) is 41.8 Å².